The molecule has 1 atom stereocenters. The zero-order valence-corrected chi connectivity index (χ0v) is 14.9. The average molecular weight is 357 g/mol. The number of fused-ring (bicyclic) bond motifs is 1. The van der Waals surface area contributed by atoms with Crippen LogP contribution in [0.4, 0.5) is 0 Å². The molecule has 0 radical (unpaired) electrons. The summed E-state index contributed by atoms with van der Waals surface area (Å²) in [6, 6.07) is 1.88. The summed E-state index contributed by atoms with van der Waals surface area (Å²) < 4.78 is 5.43. The molecule has 2 aliphatic rings. The lowest BCUT2D eigenvalue weighted by molar-refractivity contribution is -0.143. The summed E-state index contributed by atoms with van der Waals surface area (Å²) in [6.07, 6.45) is 5.09. The van der Waals surface area contributed by atoms with Crippen LogP contribution in [0.5, 0.6) is 0 Å². The minimum absolute atomic E-state index is 0.134. The predicted octanol–water partition coefficient (Wildman–Crippen LogP) is 2.99. The first-order valence-electron chi connectivity index (χ1n) is 9.39. The molecule has 0 spiro atoms. The van der Waals surface area contributed by atoms with Gasteiger partial charge in [-0.15, -0.1) is 0 Å². The summed E-state index contributed by atoms with van der Waals surface area (Å²) >= 11 is 0. The zero-order valence-electron chi connectivity index (χ0n) is 14.9. The highest BCUT2D eigenvalue weighted by Gasteiger charge is 2.33. The van der Waals surface area contributed by atoms with Crippen LogP contribution in [-0.2, 0) is 11.2 Å². The van der Waals surface area contributed by atoms with Crippen LogP contribution < -0.4 is 0 Å². The van der Waals surface area contributed by atoms with Gasteiger partial charge in [-0.25, -0.2) is 4.98 Å². The van der Waals surface area contributed by atoms with Crippen LogP contribution in [0.3, 0.4) is 0 Å². The number of amides is 1. The molecule has 26 heavy (non-hydrogen) atoms. The molecule has 7 heteroatoms. The fraction of sp³-hybridized carbons (Fsp3) is 0.579. The Hall–Kier alpha value is -2.44. The summed E-state index contributed by atoms with van der Waals surface area (Å²) in [6.45, 7) is 2.89. The second-order valence-electron chi connectivity index (χ2n) is 7.36. The summed E-state index contributed by atoms with van der Waals surface area (Å²) in [7, 11) is 0. The Bertz CT molecular complexity index is 856. The van der Waals surface area contributed by atoms with Gasteiger partial charge < -0.3 is 14.5 Å². The molecule has 4 rings (SSSR count). The number of carbonyl (C=O) groups is 2. The van der Waals surface area contributed by atoms with Crippen molar-refractivity contribution >= 4 is 23.0 Å². The van der Waals surface area contributed by atoms with Crippen molar-refractivity contribution in [1.29, 1.82) is 0 Å². The van der Waals surface area contributed by atoms with Gasteiger partial charge in [-0.3, -0.25) is 9.59 Å². The first-order chi connectivity index (χ1) is 12.6. The quantitative estimate of drug-likeness (QED) is 0.883. The van der Waals surface area contributed by atoms with Crippen LogP contribution in [0.15, 0.2) is 10.6 Å². The van der Waals surface area contributed by atoms with E-state index in [1.54, 1.807) is 4.90 Å². The van der Waals surface area contributed by atoms with Crippen molar-refractivity contribution in [3.05, 3.63) is 23.0 Å². The number of piperidine rings is 1. The fourth-order valence-electron chi connectivity index (χ4n) is 3.73. The van der Waals surface area contributed by atoms with Crippen molar-refractivity contribution in [2.45, 2.75) is 51.4 Å². The van der Waals surface area contributed by atoms with E-state index in [9.17, 15) is 14.7 Å². The number of pyridine rings is 1. The van der Waals surface area contributed by atoms with Crippen LogP contribution >= 0.6 is 0 Å². The van der Waals surface area contributed by atoms with Crippen molar-refractivity contribution in [2.75, 3.05) is 13.1 Å². The molecule has 1 saturated heterocycles. The molecule has 2 aromatic heterocycles. The van der Waals surface area contributed by atoms with E-state index < -0.39 is 11.9 Å². The number of aromatic nitrogens is 2. The highest BCUT2D eigenvalue weighted by Crippen LogP contribution is 2.41. The van der Waals surface area contributed by atoms with E-state index in [1.165, 1.54) is 0 Å². The zero-order chi connectivity index (χ0) is 18.3. The van der Waals surface area contributed by atoms with E-state index in [4.69, 9.17) is 4.52 Å². The van der Waals surface area contributed by atoms with Crippen molar-refractivity contribution < 1.29 is 19.2 Å². The maximum atomic E-state index is 13.3. The third-order valence-electron chi connectivity index (χ3n) is 5.31. The first kappa shape index (κ1) is 17.0. The molecule has 3 heterocycles. The molecule has 2 fully saturated rings. The maximum absolute atomic E-state index is 13.3. The van der Waals surface area contributed by atoms with Gasteiger partial charge in [-0.1, -0.05) is 18.5 Å². The lowest BCUT2D eigenvalue weighted by Gasteiger charge is -2.31. The molecule has 1 amide bonds. The molecular formula is C19H23N3O4. The van der Waals surface area contributed by atoms with E-state index in [0.29, 0.717) is 42.0 Å². The Morgan fingerprint density at radius 3 is 2.85 bits per heavy atom. The van der Waals surface area contributed by atoms with Crippen LogP contribution in [0, 0.1) is 5.92 Å². The minimum Gasteiger partial charge on any atom is -0.481 e. The molecule has 2 aromatic rings. The van der Waals surface area contributed by atoms with E-state index in [-0.39, 0.29) is 12.5 Å². The van der Waals surface area contributed by atoms with Gasteiger partial charge in [0.05, 0.1) is 22.6 Å². The number of rotatable bonds is 5. The van der Waals surface area contributed by atoms with Crippen LogP contribution in [0.25, 0.3) is 11.1 Å². The van der Waals surface area contributed by atoms with Crippen LogP contribution in [0.1, 0.15) is 66.7 Å². The maximum Gasteiger partial charge on any atom is 0.308 e. The molecule has 0 aromatic carbocycles. The molecule has 138 valence electrons. The third kappa shape index (κ3) is 3.06. The van der Waals surface area contributed by atoms with Gasteiger partial charge in [0.15, 0.2) is 0 Å². The van der Waals surface area contributed by atoms with Gasteiger partial charge in [0, 0.05) is 24.7 Å². The van der Waals surface area contributed by atoms with Gasteiger partial charge in [-0.05, 0) is 38.2 Å². The molecule has 7 nitrogen and oxygen atoms in total. The van der Waals surface area contributed by atoms with E-state index in [2.05, 4.69) is 17.1 Å². The topological polar surface area (TPSA) is 96.5 Å². The SMILES string of the molecule is CCCc1noc2nc(C3CC3)cc(C(=O)N3CCCC(C(=O)O)C3)c12. The first-order valence-corrected chi connectivity index (χ1v) is 9.39. The molecule has 1 N–H and O–H groups in total. The van der Waals surface area contributed by atoms with E-state index in [1.807, 2.05) is 6.07 Å². The Kier molecular flexibility index (Phi) is 4.38. The van der Waals surface area contributed by atoms with E-state index in [0.717, 1.165) is 37.1 Å². The Morgan fingerprint density at radius 2 is 2.15 bits per heavy atom. The largest absolute Gasteiger partial charge is 0.481 e. The van der Waals surface area contributed by atoms with Gasteiger partial charge in [0.25, 0.3) is 11.6 Å². The number of aliphatic carboxylic acids is 1. The number of aryl methyl sites for hydroxylation is 1. The Balaban J connectivity index is 1.74. The fourth-order valence-corrected chi connectivity index (χ4v) is 3.73. The molecule has 1 aliphatic carbocycles. The highest BCUT2D eigenvalue weighted by atomic mass is 16.5. The van der Waals surface area contributed by atoms with Crippen molar-refractivity contribution in [3.8, 4) is 0 Å². The summed E-state index contributed by atoms with van der Waals surface area (Å²) in [5.74, 6) is -1.08. The molecule has 1 aliphatic heterocycles. The lowest BCUT2D eigenvalue weighted by Crippen LogP contribution is -2.42. The number of likely N-dealkylation sites (tertiary alicyclic amines) is 1. The Morgan fingerprint density at radius 1 is 1.35 bits per heavy atom. The number of hydrogen-bond donors (Lipinski definition) is 1. The summed E-state index contributed by atoms with van der Waals surface area (Å²) in [5, 5.41) is 14.1. The number of carboxylic acid groups (broad SMARTS) is 1. The number of carboxylic acids is 1. The molecule has 1 unspecified atom stereocenters. The monoisotopic (exact) mass is 357 g/mol. The van der Waals surface area contributed by atoms with Crippen molar-refractivity contribution in [3.63, 3.8) is 0 Å². The van der Waals surface area contributed by atoms with Gasteiger partial charge >= 0.3 is 5.97 Å². The Labute approximate surface area is 151 Å². The lowest BCUT2D eigenvalue weighted by atomic mass is 9.97. The molecular weight excluding hydrogens is 334 g/mol. The van der Waals surface area contributed by atoms with Crippen molar-refractivity contribution in [2.24, 2.45) is 5.92 Å². The summed E-state index contributed by atoms with van der Waals surface area (Å²) in [5.41, 5.74) is 2.62. The molecule has 1 saturated carbocycles. The van der Waals surface area contributed by atoms with Crippen molar-refractivity contribution in [1.82, 2.24) is 15.0 Å². The predicted molar refractivity (Wildman–Crippen MR) is 94.0 cm³/mol. The molecule has 0 bridgehead atoms. The van der Waals surface area contributed by atoms with Gasteiger partial charge in [-0.2, -0.15) is 0 Å². The minimum atomic E-state index is -0.835. The number of nitrogens with zero attached hydrogens (tertiary/aromatic N) is 3. The van der Waals surface area contributed by atoms with Crippen LogP contribution in [0.2, 0.25) is 0 Å². The highest BCUT2D eigenvalue weighted by molar-refractivity contribution is 6.06. The second kappa shape index (κ2) is 6.70. The average Bonchev–Trinajstić information content (AvgIpc) is 3.43. The van der Waals surface area contributed by atoms with E-state index >= 15 is 0 Å². The third-order valence-corrected chi connectivity index (χ3v) is 5.31. The normalized spacial score (nSPS) is 20.5. The summed E-state index contributed by atoms with van der Waals surface area (Å²) in [4.78, 5) is 30.9. The second-order valence-corrected chi connectivity index (χ2v) is 7.36. The van der Waals surface area contributed by atoms with Gasteiger partial charge in [0.1, 0.15) is 0 Å². The number of hydrogen-bond acceptors (Lipinski definition) is 5. The number of carbonyl (C=O) groups excluding carboxylic acids is 1. The van der Waals surface area contributed by atoms with Gasteiger partial charge in [0.2, 0.25) is 0 Å². The standard InChI is InChI=1S/C19H23N3O4/c1-2-4-14-16-13(9-15(11-6-7-11)20-17(16)26-21-14)18(23)22-8-3-5-12(10-22)19(24)25/h9,11-12H,2-8,10H2,1H3,(H,24,25). The van der Waals surface area contributed by atoms with Crippen LogP contribution in [-0.4, -0.2) is 45.1 Å². The smallest absolute Gasteiger partial charge is 0.308 e.